The van der Waals surface area contributed by atoms with Crippen molar-refractivity contribution < 1.29 is 0 Å². The third kappa shape index (κ3) is 13.7. The lowest BCUT2D eigenvalue weighted by Crippen LogP contribution is -2.01. The van der Waals surface area contributed by atoms with E-state index in [9.17, 15) is 0 Å². The Hall–Kier alpha value is -15.2. The molecule has 0 atom stereocenters. The molecule has 21 aromatic rings. The average molecular weight is 1430 g/mol. The summed E-state index contributed by atoms with van der Waals surface area (Å²) in [7, 11) is 0. The molecule has 18 aromatic carbocycles. The van der Waals surface area contributed by atoms with Crippen LogP contribution in [-0.2, 0) is 0 Å². The Bertz CT molecular complexity index is 6980. The maximum absolute atomic E-state index is 5.15. The molecule has 0 aliphatic carbocycles. The minimum Gasteiger partial charge on any atom is -0.208 e. The SMILES string of the molecule is c1ccc(-c2ccc(-c3nc(-c4ccccc4)nc(-c4cc5ccccc5c5ccccc45)n3)cc2)cc1.c1ccc(-c2cccc(-c3nc(-c4ccccc4)nc(-c4cc5c6ccccc6ccc5c5ccccc45)n3)c2)cc1.c1ccc(-c2nc(-c3ccccc3)nc(-c3ccc4c(ccc5ccccc54)c3)n2)cc1. The van der Waals surface area contributed by atoms with Gasteiger partial charge in [-0.2, -0.15) is 0 Å². The molecule has 0 fully saturated rings. The van der Waals surface area contributed by atoms with Gasteiger partial charge in [0.25, 0.3) is 0 Å². The fourth-order valence-electron chi connectivity index (χ4n) is 15.0. The van der Waals surface area contributed by atoms with Crippen molar-refractivity contribution in [3.05, 3.63) is 406 Å². The molecule has 9 heteroatoms. The first-order valence-electron chi connectivity index (χ1n) is 37.5. The van der Waals surface area contributed by atoms with Crippen LogP contribution in [0.3, 0.4) is 0 Å². The molecule has 21 rings (SSSR count). The number of aromatic nitrogens is 9. The van der Waals surface area contributed by atoms with Gasteiger partial charge < -0.3 is 0 Å². The lowest BCUT2D eigenvalue weighted by atomic mass is 9.93. The number of nitrogens with zero attached hydrogens (tertiary/aromatic N) is 9. The Balaban J connectivity index is 0.000000114. The van der Waals surface area contributed by atoms with E-state index in [1.165, 1.54) is 64.8 Å². The Kier molecular flexibility index (Phi) is 18.2. The molecule has 9 nitrogen and oxygen atoms in total. The van der Waals surface area contributed by atoms with Crippen LogP contribution < -0.4 is 0 Å². The summed E-state index contributed by atoms with van der Waals surface area (Å²) in [6.45, 7) is 0. The van der Waals surface area contributed by atoms with Crippen LogP contribution in [0.4, 0.5) is 0 Å². The van der Waals surface area contributed by atoms with E-state index < -0.39 is 0 Å². The van der Waals surface area contributed by atoms with Gasteiger partial charge in [0.2, 0.25) is 0 Å². The summed E-state index contributed by atoms with van der Waals surface area (Å²) in [5, 5.41) is 16.7. The molecule has 0 unspecified atom stereocenters. The zero-order valence-electron chi connectivity index (χ0n) is 60.7. The van der Waals surface area contributed by atoms with Crippen LogP contribution in [0, 0.1) is 0 Å². The Morgan fingerprint density at radius 3 is 0.821 bits per heavy atom. The standard InChI is InChI=1S/C39H25N3.C35H23N3.C29H19N3/c1-3-12-26(13-4-1)29-17-11-18-30(24-29)38-40-37(28-15-5-2-6-16-28)41-39(42-38)36-25-35-31-19-8-7-14-27(31)22-23-34(35)32-20-9-10-21-33(32)36;1-3-11-24(12-4-1)25-19-21-27(22-20-25)34-36-33(26-13-5-2-6-14-26)37-35(38-34)32-23-28-15-7-8-16-29(28)30-17-9-10-18-31(30)32;1-3-10-21(11-4-1)27-30-28(22-12-5-2-6-13-22)32-29(31-27)24-17-18-26-23(19-24)16-15-20-9-7-8-14-25(20)26/h1-25H;1-23H;1-19H. The van der Waals surface area contributed by atoms with E-state index in [0.29, 0.717) is 52.4 Å². The van der Waals surface area contributed by atoms with Gasteiger partial charge in [-0.05, 0) is 122 Å². The minimum absolute atomic E-state index is 0.652. The van der Waals surface area contributed by atoms with Crippen molar-refractivity contribution in [1.82, 2.24) is 44.9 Å². The highest BCUT2D eigenvalue weighted by Crippen LogP contribution is 2.41. The van der Waals surface area contributed by atoms with Gasteiger partial charge in [-0.3, -0.25) is 0 Å². The zero-order valence-corrected chi connectivity index (χ0v) is 60.7. The molecule has 3 heterocycles. The molecule has 0 aliphatic rings. The van der Waals surface area contributed by atoms with Crippen molar-refractivity contribution in [2.75, 3.05) is 0 Å². The lowest BCUT2D eigenvalue weighted by Gasteiger charge is -2.14. The maximum Gasteiger partial charge on any atom is 0.164 e. The summed E-state index contributed by atoms with van der Waals surface area (Å²) in [5.74, 6) is 5.98. The topological polar surface area (TPSA) is 116 Å². The van der Waals surface area contributed by atoms with Gasteiger partial charge in [-0.25, -0.2) is 44.9 Å². The Labute approximate surface area is 647 Å². The van der Waals surface area contributed by atoms with E-state index in [4.69, 9.17) is 44.9 Å². The smallest absolute Gasteiger partial charge is 0.164 e. The third-order valence-electron chi connectivity index (χ3n) is 20.5. The van der Waals surface area contributed by atoms with Crippen molar-refractivity contribution >= 4 is 75.4 Å². The van der Waals surface area contributed by atoms with Gasteiger partial charge in [0.1, 0.15) is 0 Å². The van der Waals surface area contributed by atoms with Gasteiger partial charge in [-0.1, -0.05) is 382 Å². The second-order valence-corrected chi connectivity index (χ2v) is 27.5. The number of fused-ring (bicyclic) bond motifs is 11. The average Bonchev–Trinajstić information content (AvgIpc) is 0.749. The Morgan fingerprint density at radius 2 is 0.348 bits per heavy atom. The second kappa shape index (κ2) is 30.2. The summed E-state index contributed by atoms with van der Waals surface area (Å²) in [6, 6.07) is 140. The molecular formula is C103H67N9. The van der Waals surface area contributed by atoms with E-state index in [0.717, 1.165) is 82.9 Å². The highest BCUT2D eigenvalue weighted by molar-refractivity contribution is 6.21. The van der Waals surface area contributed by atoms with Gasteiger partial charge in [0.15, 0.2) is 52.4 Å². The quantitative estimate of drug-likeness (QED) is 0.117. The predicted molar refractivity (Wildman–Crippen MR) is 462 cm³/mol. The molecule has 0 radical (unpaired) electrons. The largest absolute Gasteiger partial charge is 0.208 e. The molecule has 0 spiro atoms. The van der Waals surface area contributed by atoms with Crippen LogP contribution in [0.5, 0.6) is 0 Å². The first-order chi connectivity index (χ1) is 55.5. The summed E-state index contributed by atoms with van der Waals surface area (Å²) in [5.41, 5.74) is 13.4. The van der Waals surface area contributed by atoms with E-state index >= 15 is 0 Å². The fourth-order valence-corrected chi connectivity index (χ4v) is 15.0. The van der Waals surface area contributed by atoms with E-state index in [1.807, 2.05) is 121 Å². The normalized spacial score (nSPS) is 11.2. The van der Waals surface area contributed by atoms with Crippen molar-refractivity contribution in [1.29, 1.82) is 0 Å². The lowest BCUT2D eigenvalue weighted by molar-refractivity contribution is 1.07. The molecule has 112 heavy (non-hydrogen) atoms. The number of rotatable bonds is 11. The molecule has 0 amide bonds. The second-order valence-electron chi connectivity index (χ2n) is 27.5. The maximum atomic E-state index is 5.15. The van der Waals surface area contributed by atoms with E-state index in [-0.39, 0.29) is 0 Å². The summed E-state index contributed by atoms with van der Waals surface area (Å²) in [4.78, 5) is 44.7. The molecule has 3 aromatic heterocycles. The van der Waals surface area contributed by atoms with Gasteiger partial charge in [0, 0.05) is 50.1 Å². The van der Waals surface area contributed by atoms with Crippen molar-refractivity contribution in [3.8, 4) is 125 Å². The molecule has 0 bridgehead atoms. The van der Waals surface area contributed by atoms with Gasteiger partial charge in [-0.15, -0.1) is 0 Å². The summed E-state index contributed by atoms with van der Waals surface area (Å²) in [6.07, 6.45) is 0. The molecule has 0 saturated carbocycles. The number of hydrogen-bond acceptors (Lipinski definition) is 9. The van der Waals surface area contributed by atoms with Crippen molar-refractivity contribution in [3.63, 3.8) is 0 Å². The zero-order chi connectivity index (χ0) is 74.5. The van der Waals surface area contributed by atoms with Gasteiger partial charge >= 0.3 is 0 Å². The van der Waals surface area contributed by atoms with Crippen LogP contribution in [0.15, 0.2) is 406 Å². The van der Waals surface area contributed by atoms with Crippen LogP contribution in [0.1, 0.15) is 0 Å². The number of benzene rings is 18. The van der Waals surface area contributed by atoms with E-state index in [2.05, 4.69) is 285 Å². The first-order valence-corrected chi connectivity index (χ1v) is 37.5. The van der Waals surface area contributed by atoms with E-state index in [1.54, 1.807) is 0 Å². The fraction of sp³-hybridized carbons (Fsp3) is 0. The highest BCUT2D eigenvalue weighted by Gasteiger charge is 2.21. The molecule has 0 aliphatic heterocycles. The summed E-state index contributed by atoms with van der Waals surface area (Å²) >= 11 is 0. The molecule has 0 saturated heterocycles. The molecule has 0 N–H and O–H groups in total. The monoisotopic (exact) mass is 1430 g/mol. The number of hydrogen-bond donors (Lipinski definition) is 0. The van der Waals surface area contributed by atoms with Crippen LogP contribution in [0.25, 0.3) is 200 Å². The Morgan fingerprint density at radius 1 is 0.107 bits per heavy atom. The molecular weight excluding hydrogens is 1360 g/mol. The first kappa shape index (κ1) is 67.4. The summed E-state index contributed by atoms with van der Waals surface area (Å²) < 4.78 is 0. The van der Waals surface area contributed by atoms with Crippen LogP contribution in [-0.4, -0.2) is 44.9 Å². The highest BCUT2D eigenvalue weighted by atomic mass is 15.1. The third-order valence-corrected chi connectivity index (χ3v) is 20.5. The van der Waals surface area contributed by atoms with Crippen molar-refractivity contribution in [2.24, 2.45) is 0 Å². The molecule has 524 valence electrons. The van der Waals surface area contributed by atoms with Crippen molar-refractivity contribution in [2.45, 2.75) is 0 Å². The van der Waals surface area contributed by atoms with Crippen LogP contribution in [0.2, 0.25) is 0 Å². The predicted octanol–water partition coefficient (Wildman–Crippen LogP) is 26.0. The van der Waals surface area contributed by atoms with Gasteiger partial charge in [0.05, 0.1) is 0 Å². The van der Waals surface area contributed by atoms with Crippen LogP contribution >= 0.6 is 0 Å². The minimum atomic E-state index is 0.652.